The number of Topliss-reactive ketones (excluding diaryl/α,β-unsaturated/α-hetero) is 1. The summed E-state index contributed by atoms with van der Waals surface area (Å²) in [6.45, 7) is 2.15. The molecule has 18 heavy (non-hydrogen) atoms. The first-order valence-corrected chi connectivity index (χ1v) is 5.75. The SMILES string of the molecule is CC(=O)C[C@@H]1O[C@H](CO)[C@@H](O)[C@H](O)[C@H]1NC(C)=O. The highest BCUT2D eigenvalue weighted by Gasteiger charge is 2.44. The summed E-state index contributed by atoms with van der Waals surface area (Å²) in [5.74, 6) is -0.568. The van der Waals surface area contributed by atoms with E-state index in [1.807, 2.05) is 0 Å². The summed E-state index contributed by atoms with van der Waals surface area (Å²) < 4.78 is 5.35. The zero-order valence-corrected chi connectivity index (χ0v) is 10.4. The van der Waals surface area contributed by atoms with Crippen molar-refractivity contribution in [2.75, 3.05) is 6.61 Å². The first kappa shape index (κ1) is 15.0. The summed E-state index contributed by atoms with van der Waals surface area (Å²) in [6, 6.07) is -0.871. The van der Waals surface area contributed by atoms with E-state index in [4.69, 9.17) is 9.84 Å². The Morgan fingerprint density at radius 3 is 2.22 bits per heavy atom. The van der Waals surface area contributed by atoms with E-state index in [0.29, 0.717) is 0 Å². The minimum atomic E-state index is -1.31. The molecule has 0 aromatic heterocycles. The number of ketones is 1. The second-order valence-corrected chi connectivity index (χ2v) is 4.51. The molecule has 1 heterocycles. The largest absolute Gasteiger partial charge is 0.394 e. The van der Waals surface area contributed by atoms with Gasteiger partial charge in [0.1, 0.15) is 24.1 Å². The third kappa shape index (κ3) is 3.49. The molecule has 104 valence electrons. The maximum absolute atomic E-state index is 11.1. The number of carbonyl (C=O) groups is 2. The van der Waals surface area contributed by atoms with Crippen molar-refractivity contribution in [3.8, 4) is 0 Å². The molecule has 7 heteroatoms. The number of amides is 1. The molecule has 0 aromatic rings. The van der Waals surface area contributed by atoms with Crippen LogP contribution >= 0.6 is 0 Å². The van der Waals surface area contributed by atoms with Crippen LogP contribution in [0.4, 0.5) is 0 Å². The molecule has 5 atom stereocenters. The Labute approximate surface area is 105 Å². The van der Waals surface area contributed by atoms with Crippen LogP contribution in [0, 0.1) is 0 Å². The van der Waals surface area contributed by atoms with Gasteiger partial charge >= 0.3 is 0 Å². The van der Waals surface area contributed by atoms with E-state index in [0.717, 1.165) is 0 Å². The molecular weight excluding hydrogens is 242 g/mol. The van der Waals surface area contributed by atoms with Crippen LogP contribution in [0.2, 0.25) is 0 Å². The van der Waals surface area contributed by atoms with Crippen molar-refractivity contribution in [3.63, 3.8) is 0 Å². The van der Waals surface area contributed by atoms with E-state index in [9.17, 15) is 19.8 Å². The van der Waals surface area contributed by atoms with Crippen LogP contribution in [-0.2, 0) is 14.3 Å². The van der Waals surface area contributed by atoms with E-state index in [1.165, 1.54) is 13.8 Å². The summed E-state index contributed by atoms with van der Waals surface area (Å²) in [5.41, 5.74) is 0. The Bertz CT molecular complexity index is 321. The first-order valence-electron chi connectivity index (χ1n) is 5.75. The van der Waals surface area contributed by atoms with E-state index in [1.54, 1.807) is 0 Å². The highest BCUT2D eigenvalue weighted by Crippen LogP contribution is 2.23. The fraction of sp³-hybridized carbons (Fsp3) is 0.818. The Hall–Kier alpha value is -1.02. The molecule has 1 fully saturated rings. The van der Waals surface area contributed by atoms with Gasteiger partial charge in [0.15, 0.2) is 0 Å². The smallest absolute Gasteiger partial charge is 0.217 e. The molecule has 0 bridgehead atoms. The molecule has 0 aromatic carbocycles. The van der Waals surface area contributed by atoms with Crippen molar-refractivity contribution in [2.45, 2.75) is 50.7 Å². The summed E-state index contributed by atoms with van der Waals surface area (Å²) in [4.78, 5) is 22.2. The highest BCUT2D eigenvalue weighted by atomic mass is 16.5. The normalized spacial score (nSPS) is 36.2. The molecule has 0 radical (unpaired) electrons. The molecule has 7 nitrogen and oxygen atoms in total. The van der Waals surface area contributed by atoms with Crippen LogP contribution < -0.4 is 5.32 Å². The predicted molar refractivity (Wildman–Crippen MR) is 60.7 cm³/mol. The average molecular weight is 261 g/mol. The van der Waals surface area contributed by atoms with Crippen LogP contribution in [0.15, 0.2) is 0 Å². The van der Waals surface area contributed by atoms with Gasteiger partial charge in [0.25, 0.3) is 0 Å². The van der Waals surface area contributed by atoms with E-state index in [-0.39, 0.29) is 12.2 Å². The number of aliphatic hydroxyl groups excluding tert-OH is 3. The van der Waals surface area contributed by atoms with Crippen LogP contribution in [0.1, 0.15) is 20.3 Å². The minimum Gasteiger partial charge on any atom is -0.394 e. The van der Waals surface area contributed by atoms with Gasteiger partial charge in [0.2, 0.25) is 5.91 Å². The molecular formula is C11H19NO6. The third-order valence-electron chi connectivity index (χ3n) is 2.89. The molecule has 1 saturated heterocycles. The Morgan fingerprint density at radius 1 is 1.17 bits per heavy atom. The zero-order valence-electron chi connectivity index (χ0n) is 10.4. The summed E-state index contributed by atoms with van der Waals surface area (Å²) in [7, 11) is 0. The van der Waals surface area contributed by atoms with Gasteiger partial charge < -0.3 is 25.4 Å². The molecule has 1 amide bonds. The van der Waals surface area contributed by atoms with Gasteiger partial charge in [0.05, 0.1) is 18.8 Å². The molecule has 0 aliphatic carbocycles. The van der Waals surface area contributed by atoms with Gasteiger partial charge in [-0.3, -0.25) is 9.59 Å². The summed E-state index contributed by atoms with van der Waals surface area (Å²) in [5, 5.41) is 31.1. The molecule has 4 N–H and O–H groups in total. The molecule has 1 aliphatic heterocycles. The highest BCUT2D eigenvalue weighted by molar-refractivity contribution is 5.77. The van der Waals surface area contributed by atoms with Crippen LogP contribution in [0.3, 0.4) is 0 Å². The Balaban J connectivity index is 2.86. The summed E-state index contributed by atoms with van der Waals surface area (Å²) in [6.07, 6.45) is -4.33. The van der Waals surface area contributed by atoms with Gasteiger partial charge in [-0.05, 0) is 6.92 Å². The maximum atomic E-state index is 11.1. The van der Waals surface area contributed by atoms with E-state index in [2.05, 4.69) is 5.32 Å². The van der Waals surface area contributed by atoms with Crippen molar-refractivity contribution in [1.29, 1.82) is 0 Å². The number of nitrogens with one attached hydrogen (secondary N) is 1. The van der Waals surface area contributed by atoms with Crippen molar-refractivity contribution >= 4 is 11.7 Å². The van der Waals surface area contributed by atoms with Crippen molar-refractivity contribution < 1.29 is 29.6 Å². The number of hydrogen-bond acceptors (Lipinski definition) is 6. The second kappa shape index (κ2) is 6.24. The summed E-state index contributed by atoms with van der Waals surface area (Å²) >= 11 is 0. The lowest BCUT2D eigenvalue weighted by Gasteiger charge is -2.42. The number of aliphatic hydroxyl groups is 3. The van der Waals surface area contributed by atoms with Crippen molar-refractivity contribution in [1.82, 2.24) is 5.32 Å². The quantitative estimate of drug-likeness (QED) is 0.463. The fourth-order valence-corrected chi connectivity index (χ4v) is 2.06. The van der Waals surface area contributed by atoms with E-state index >= 15 is 0 Å². The lowest BCUT2D eigenvalue weighted by molar-refractivity contribution is -0.196. The lowest BCUT2D eigenvalue weighted by Crippen LogP contribution is -2.64. The van der Waals surface area contributed by atoms with Gasteiger partial charge in [-0.15, -0.1) is 0 Å². The number of hydrogen-bond donors (Lipinski definition) is 4. The lowest BCUT2D eigenvalue weighted by atomic mass is 9.90. The molecule has 1 aliphatic rings. The standard InChI is InChI=1S/C11H19NO6/c1-5(14)3-7-9(12-6(2)15)11(17)10(16)8(4-13)18-7/h7-11,13,16-17H,3-4H2,1-2H3,(H,12,15)/t7-,8+,9-,10+,11+/m0/s1. The van der Waals surface area contributed by atoms with Crippen LogP contribution in [0.5, 0.6) is 0 Å². The third-order valence-corrected chi connectivity index (χ3v) is 2.89. The topological polar surface area (TPSA) is 116 Å². The average Bonchev–Trinajstić information content (AvgIpc) is 2.27. The maximum Gasteiger partial charge on any atom is 0.217 e. The molecule has 0 spiro atoms. The number of rotatable bonds is 4. The van der Waals surface area contributed by atoms with Crippen molar-refractivity contribution in [2.24, 2.45) is 0 Å². The van der Waals surface area contributed by atoms with Gasteiger partial charge in [0, 0.05) is 13.3 Å². The molecule has 1 rings (SSSR count). The van der Waals surface area contributed by atoms with Gasteiger partial charge in [-0.25, -0.2) is 0 Å². The zero-order chi connectivity index (χ0) is 13.9. The Kier molecular flexibility index (Phi) is 5.21. The van der Waals surface area contributed by atoms with Gasteiger partial charge in [-0.1, -0.05) is 0 Å². The minimum absolute atomic E-state index is 0.00870. The number of ether oxygens (including phenoxy) is 1. The van der Waals surface area contributed by atoms with Gasteiger partial charge in [-0.2, -0.15) is 0 Å². The first-order chi connectivity index (χ1) is 8.36. The fourth-order valence-electron chi connectivity index (χ4n) is 2.06. The molecule has 0 unspecified atom stereocenters. The number of carbonyl (C=O) groups excluding carboxylic acids is 2. The molecule has 0 saturated carbocycles. The van der Waals surface area contributed by atoms with E-state index < -0.39 is 43.0 Å². The second-order valence-electron chi connectivity index (χ2n) is 4.51. The predicted octanol–water partition coefficient (Wildman–Crippen LogP) is -2.05. The van der Waals surface area contributed by atoms with Crippen LogP contribution in [0.25, 0.3) is 0 Å². The Morgan fingerprint density at radius 2 is 1.78 bits per heavy atom. The van der Waals surface area contributed by atoms with Crippen LogP contribution in [-0.4, -0.2) is 64.1 Å². The van der Waals surface area contributed by atoms with Crippen molar-refractivity contribution in [3.05, 3.63) is 0 Å². The monoisotopic (exact) mass is 261 g/mol.